The van der Waals surface area contributed by atoms with E-state index in [9.17, 15) is 4.79 Å². The molecule has 1 heterocycles. The van der Waals surface area contributed by atoms with Crippen LogP contribution in [0.3, 0.4) is 0 Å². The highest BCUT2D eigenvalue weighted by molar-refractivity contribution is 5.85. The first-order valence-electron chi connectivity index (χ1n) is 7.23. The molecule has 1 aliphatic heterocycles. The Labute approximate surface area is 127 Å². The number of rotatable bonds is 4. The predicted molar refractivity (Wildman–Crippen MR) is 85.1 cm³/mol. The molecule has 0 aromatic heterocycles. The van der Waals surface area contributed by atoms with Crippen LogP contribution >= 0.6 is 12.4 Å². The third-order valence-corrected chi connectivity index (χ3v) is 4.17. The third-order valence-electron chi connectivity index (χ3n) is 4.17. The summed E-state index contributed by atoms with van der Waals surface area (Å²) in [5.74, 6) is 0.902. The highest BCUT2D eigenvalue weighted by Gasteiger charge is 2.21. The first kappa shape index (κ1) is 17.0. The van der Waals surface area contributed by atoms with Crippen LogP contribution in [-0.4, -0.2) is 30.4 Å². The van der Waals surface area contributed by atoms with E-state index in [1.165, 1.54) is 11.1 Å². The number of aryl methyl sites for hydroxylation is 2. The number of nitrogens with zero attached hydrogens (tertiary/aromatic N) is 1. The van der Waals surface area contributed by atoms with Gasteiger partial charge in [0.15, 0.2) is 0 Å². The average Bonchev–Trinajstić information content (AvgIpc) is 2.46. The van der Waals surface area contributed by atoms with Gasteiger partial charge in [0.1, 0.15) is 0 Å². The molecule has 4 heteroatoms. The second kappa shape index (κ2) is 8.28. The number of hydrogen-bond acceptors (Lipinski definition) is 2. The number of benzene rings is 1. The Morgan fingerprint density at radius 2 is 1.95 bits per heavy atom. The van der Waals surface area contributed by atoms with Crippen LogP contribution in [0.4, 0.5) is 0 Å². The van der Waals surface area contributed by atoms with E-state index in [-0.39, 0.29) is 12.4 Å². The van der Waals surface area contributed by atoms with E-state index in [0.29, 0.717) is 18.2 Å². The molecule has 1 aliphatic rings. The summed E-state index contributed by atoms with van der Waals surface area (Å²) in [6.45, 7) is 4.63. The average molecular weight is 297 g/mol. The zero-order chi connectivity index (χ0) is 13.7. The number of carbonyl (C=O) groups excluding carboxylic acids is 1. The first-order valence-corrected chi connectivity index (χ1v) is 7.23. The molecule has 1 aromatic rings. The summed E-state index contributed by atoms with van der Waals surface area (Å²) in [6.07, 6.45) is 3.60. The minimum absolute atomic E-state index is 0. The number of nitrogens with two attached hydrogens (primary N) is 1. The maximum absolute atomic E-state index is 12.2. The molecular formula is C16H25ClN2O. The summed E-state index contributed by atoms with van der Waals surface area (Å²) in [4.78, 5) is 14.2. The Morgan fingerprint density at radius 1 is 1.30 bits per heavy atom. The molecule has 3 nitrogen and oxygen atoms in total. The molecule has 0 saturated carbocycles. The molecule has 0 spiro atoms. The maximum atomic E-state index is 12.2. The first-order chi connectivity index (χ1) is 9.20. The summed E-state index contributed by atoms with van der Waals surface area (Å²) >= 11 is 0. The van der Waals surface area contributed by atoms with Crippen molar-refractivity contribution in [2.75, 3.05) is 19.6 Å². The van der Waals surface area contributed by atoms with Crippen molar-refractivity contribution in [3.8, 4) is 0 Å². The molecule has 0 radical (unpaired) electrons. The normalized spacial score (nSPS) is 15.8. The minimum Gasteiger partial charge on any atom is -0.343 e. The number of carbonyl (C=O) groups is 1. The topological polar surface area (TPSA) is 46.3 Å². The van der Waals surface area contributed by atoms with Crippen molar-refractivity contribution < 1.29 is 4.79 Å². The molecule has 112 valence electrons. The standard InChI is InChI=1S/C16H24N2O.ClH/c1-13-4-2-3-5-15(13)6-7-16(19)18-10-8-14(12-17)9-11-18;/h2-5,14H,6-12,17H2,1H3;1H. The van der Waals surface area contributed by atoms with Gasteiger partial charge in [0.25, 0.3) is 0 Å². The van der Waals surface area contributed by atoms with E-state index in [0.717, 1.165) is 38.9 Å². The second-order valence-corrected chi connectivity index (χ2v) is 5.49. The van der Waals surface area contributed by atoms with Gasteiger partial charge in [0, 0.05) is 19.5 Å². The van der Waals surface area contributed by atoms with Gasteiger partial charge < -0.3 is 10.6 Å². The van der Waals surface area contributed by atoms with E-state index in [1.54, 1.807) is 0 Å². The lowest BCUT2D eigenvalue weighted by atomic mass is 9.96. The van der Waals surface area contributed by atoms with Crippen molar-refractivity contribution in [2.24, 2.45) is 11.7 Å². The summed E-state index contributed by atoms with van der Waals surface area (Å²) < 4.78 is 0. The van der Waals surface area contributed by atoms with Crippen LogP contribution in [0.5, 0.6) is 0 Å². The second-order valence-electron chi connectivity index (χ2n) is 5.49. The number of likely N-dealkylation sites (tertiary alicyclic amines) is 1. The molecule has 2 N–H and O–H groups in total. The van der Waals surface area contributed by atoms with E-state index < -0.39 is 0 Å². The van der Waals surface area contributed by atoms with Gasteiger partial charge in [-0.2, -0.15) is 0 Å². The summed E-state index contributed by atoms with van der Waals surface area (Å²) in [5, 5.41) is 0. The van der Waals surface area contributed by atoms with Crippen molar-refractivity contribution in [2.45, 2.75) is 32.6 Å². The number of halogens is 1. The molecule has 0 aliphatic carbocycles. The van der Waals surface area contributed by atoms with Gasteiger partial charge in [-0.05, 0) is 49.8 Å². The Bertz CT molecular complexity index is 428. The summed E-state index contributed by atoms with van der Waals surface area (Å²) in [7, 11) is 0. The molecule has 1 amide bonds. The molecule has 2 rings (SSSR count). The van der Waals surface area contributed by atoms with Gasteiger partial charge in [-0.1, -0.05) is 24.3 Å². The molecule has 1 saturated heterocycles. The summed E-state index contributed by atoms with van der Waals surface area (Å²) in [5.41, 5.74) is 8.23. The van der Waals surface area contributed by atoms with Crippen molar-refractivity contribution in [3.63, 3.8) is 0 Å². The lowest BCUT2D eigenvalue weighted by Gasteiger charge is -2.31. The van der Waals surface area contributed by atoms with Gasteiger partial charge in [-0.25, -0.2) is 0 Å². The Morgan fingerprint density at radius 3 is 2.55 bits per heavy atom. The van der Waals surface area contributed by atoms with Gasteiger partial charge in [-0.3, -0.25) is 4.79 Å². The fraction of sp³-hybridized carbons (Fsp3) is 0.562. The molecule has 0 unspecified atom stereocenters. The van der Waals surface area contributed by atoms with E-state index in [2.05, 4.69) is 19.1 Å². The third kappa shape index (κ3) is 4.50. The van der Waals surface area contributed by atoms with E-state index in [1.807, 2.05) is 17.0 Å². The van der Waals surface area contributed by atoms with Gasteiger partial charge >= 0.3 is 0 Å². The quantitative estimate of drug-likeness (QED) is 0.928. The Balaban J connectivity index is 0.00000200. The molecule has 1 fully saturated rings. The molecule has 0 atom stereocenters. The van der Waals surface area contributed by atoms with Crippen LogP contribution < -0.4 is 5.73 Å². The predicted octanol–water partition coefficient (Wildman–Crippen LogP) is 2.55. The molecular weight excluding hydrogens is 272 g/mol. The van der Waals surface area contributed by atoms with E-state index >= 15 is 0 Å². The van der Waals surface area contributed by atoms with Crippen LogP contribution in [0.2, 0.25) is 0 Å². The fourth-order valence-electron chi connectivity index (χ4n) is 2.71. The van der Waals surface area contributed by atoms with Crippen molar-refractivity contribution in [1.82, 2.24) is 4.90 Å². The number of amides is 1. The zero-order valence-electron chi connectivity index (χ0n) is 12.2. The van der Waals surface area contributed by atoms with Crippen molar-refractivity contribution >= 4 is 18.3 Å². The van der Waals surface area contributed by atoms with E-state index in [4.69, 9.17) is 5.73 Å². The smallest absolute Gasteiger partial charge is 0.222 e. The molecule has 1 aromatic carbocycles. The fourth-order valence-corrected chi connectivity index (χ4v) is 2.71. The zero-order valence-corrected chi connectivity index (χ0v) is 13.0. The lowest BCUT2D eigenvalue weighted by Crippen LogP contribution is -2.40. The lowest BCUT2D eigenvalue weighted by molar-refractivity contribution is -0.132. The van der Waals surface area contributed by atoms with Crippen LogP contribution in [-0.2, 0) is 11.2 Å². The van der Waals surface area contributed by atoms with Crippen molar-refractivity contribution in [3.05, 3.63) is 35.4 Å². The minimum atomic E-state index is 0. The van der Waals surface area contributed by atoms with Crippen LogP contribution in [0.1, 0.15) is 30.4 Å². The number of hydrogen-bond donors (Lipinski definition) is 1. The van der Waals surface area contributed by atoms with Gasteiger partial charge in [0.05, 0.1) is 0 Å². The highest BCUT2D eigenvalue weighted by atomic mass is 35.5. The van der Waals surface area contributed by atoms with Crippen LogP contribution in [0.25, 0.3) is 0 Å². The SMILES string of the molecule is Cc1ccccc1CCC(=O)N1CCC(CN)CC1.Cl. The summed E-state index contributed by atoms with van der Waals surface area (Å²) in [6, 6.07) is 8.30. The van der Waals surface area contributed by atoms with Crippen LogP contribution in [0, 0.1) is 12.8 Å². The maximum Gasteiger partial charge on any atom is 0.222 e. The van der Waals surface area contributed by atoms with Crippen LogP contribution in [0.15, 0.2) is 24.3 Å². The van der Waals surface area contributed by atoms with Gasteiger partial charge in [0.2, 0.25) is 5.91 Å². The number of piperidine rings is 1. The molecule has 0 bridgehead atoms. The van der Waals surface area contributed by atoms with Crippen molar-refractivity contribution in [1.29, 1.82) is 0 Å². The Kier molecular flexibility index (Phi) is 7.03. The Hall–Kier alpha value is -1.06. The molecule has 20 heavy (non-hydrogen) atoms. The monoisotopic (exact) mass is 296 g/mol. The highest BCUT2D eigenvalue weighted by Crippen LogP contribution is 2.17. The van der Waals surface area contributed by atoms with Gasteiger partial charge in [-0.15, -0.1) is 12.4 Å². The largest absolute Gasteiger partial charge is 0.343 e.